The Morgan fingerprint density at radius 3 is 2.43 bits per heavy atom. The lowest BCUT2D eigenvalue weighted by molar-refractivity contribution is 0.114. The molecule has 8 heteroatoms. The molecule has 28 heavy (non-hydrogen) atoms. The summed E-state index contributed by atoms with van der Waals surface area (Å²) in [6.07, 6.45) is 9.22. The highest BCUT2D eigenvalue weighted by atomic mass is 32.2. The number of hydrogen-bond donors (Lipinski definition) is 3. The van der Waals surface area contributed by atoms with Crippen LogP contribution in [0.5, 0.6) is 0 Å². The Balaban J connectivity index is 1.50. The van der Waals surface area contributed by atoms with Crippen LogP contribution in [0.15, 0.2) is 34.2 Å². The zero-order valence-electron chi connectivity index (χ0n) is 16.4. The Morgan fingerprint density at radius 2 is 1.79 bits per heavy atom. The average Bonchev–Trinajstić information content (AvgIpc) is 3.09. The van der Waals surface area contributed by atoms with Crippen LogP contribution in [0.2, 0.25) is 0 Å². The standard InChI is InChI=1S/C20H32N4O3S/c21-20(24-17-6-3-1-2-4-7-17)22-14-16-9-11-19(12-10-16)28(25,26)23-15-18-8-5-13-27-18/h9-12,17-18,23H,1-8,13-15H2,(H3,21,22,24). The van der Waals surface area contributed by atoms with Crippen LogP contribution in [-0.4, -0.2) is 39.7 Å². The van der Waals surface area contributed by atoms with Crippen molar-refractivity contribution in [2.45, 2.75) is 75.0 Å². The molecule has 1 saturated heterocycles. The molecule has 4 N–H and O–H groups in total. The number of benzene rings is 1. The number of nitrogens with two attached hydrogens (primary N) is 1. The van der Waals surface area contributed by atoms with Crippen molar-refractivity contribution in [3.05, 3.63) is 29.8 Å². The smallest absolute Gasteiger partial charge is 0.240 e. The fourth-order valence-corrected chi connectivity index (χ4v) is 4.79. The van der Waals surface area contributed by atoms with Crippen LogP contribution in [0.25, 0.3) is 0 Å². The summed E-state index contributed by atoms with van der Waals surface area (Å²) >= 11 is 0. The summed E-state index contributed by atoms with van der Waals surface area (Å²) in [6, 6.07) is 7.19. The Kier molecular flexibility index (Phi) is 7.70. The molecule has 0 spiro atoms. The van der Waals surface area contributed by atoms with Gasteiger partial charge in [0.05, 0.1) is 17.5 Å². The number of rotatable bonds is 7. The summed E-state index contributed by atoms with van der Waals surface area (Å²) in [5.41, 5.74) is 6.94. The van der Waals surface area contributed by atoms with E-state index in [1.165, 1.54) is 25.7 Å². The molecule has 1 aromatic rings. The minimum atomic E-state index is -3.52. The normalized spacial score (nSPS) is 22.1. The van der Waals surface area contributed by atoms with E-state index in [0.717, 1.165) is 31.2 Å². The molecule has 1 aromatic carbocycles. The molecule has 1 heterocycles. The van der Waals surface area contributed by atoms with Gasteiger partial charge in [-0.2, -0.15) is 0 Å². The Labute approximate surface area is 168 Å². The van der Waals surface area contributed by atoms with Crippen molar-refractivity contribution in [1.82, 2.24) is 10.0 Å². The van der Waals surface area contributed by atoms with Crippen LogP contribution in [0.1, 0.15) is 56.9 Å². The molecule has 2 aliphatic rings. The maximum Gasteiger partial charge on any atom is 0.240 e. The average molecular weight is 409 g/mol. The number of hydrogen-bond acceptors (Lipinski definition) is 4. The van der Waals surface area contributed by atoms with E-state index in [1.54, 1.807) is 24.3 Å². The van der Waals surface area contributed by atoms with Gasteiger partial charge in [0.1, 0.15) is 0 Å². The summed E-state index contributed by atoms with van der Waals surface area (Å²) in [7, 11) is -3.52. The molecule has 1 aliphatic heterocycles. The summed E-state index contributed by atoms with van der Waals surface area (Å²) in [4.78, 5) is 4.65. The van der Waals surface area contributed by atoms with Crippen LogP contribution in [-0.2, 0) is 21.3 Å². The van der Waals surface area contributed by atoms with E-state index < -0.39 is 10.0 Å². The molecule has 156 valence electrons. The van der Waals surface area contributed by atoms with Gasteiger partial charge < -0.3 is 15.8 Å². The molecule has 7 nitrogen and oxygen atoms in total. The van der Waals surface area contributed by atoms with E-state index in [9.17, 15) is 8.42 Å². The first-order valence-corrected chi connectivity index (χ1v) is 11.8. The highest BCUT2D eigenvalue weighted by Crippen LogP contribution is 2.17. The van der Waals surface area contributed by atoms with Gasteiger partial charge in [0.15, 0.2) is 5.96 Å². The van der Waals surface area contributed by atoms with Crippen molar-refractivity contribution in [1.29, 1.82) is 0 Å². The first-order valence-electron chi connectivity index (χ1n) is 10.3. The quantitative estimate of drug-likeness (QED) is 0.365. The predicted octanol–water partition coefficient (Wildman–Crippen LogP) is 2.27. The predicted molar refractivity (Wildman–Crippen MR) is 111 cm³/mol. The van der Waals surface area contributed by atoms with Crippen molar-refractivity contribution >= 4 is 16.0 Å². The van der Waals surface area contributed by atoms with E-state index in [-0.39, 0.29) is 11.0 Å². The summed E-state index contributed by atoms with van der Waals surface area (Å²) < 4.78 is 32.9. The Bertz CT molecular complexity index is 735. The maximum absolute atomic E-state index is 12.4. The van der Waals surface area contributed by atoms with E-state index in [2.05, 4.69) is 15.0 Å². The Morgan fingerprint density at radius 1 is 1.07 bits per heavy atom. The maximum atomic E-state index is 12.4. The third-order valence-electron chi connectivity index (χ3n) is 5.40. The highest BCUT2D eigenvalue weighted by molar-refractivity contribution is 7.89. The second kappa shape index (κ2) is 10.2. The lowest BCUT2D eigenvalue weighted by atomic mass is 10.1. The summed E-state index contributed by atoms with van der Waals surface area (Å²) in [6.45, 7) is 1.45. The number of ether oxygens (including phenoxy) is 1. The van der Waals surface area contributed by atoms with E-state index in [4.69, 9.17) is 10.5 Å². The lowest BCUT2D eigenvalue weighted by Gasteiger charge is -2.16. The summed E-state index contributed by atoms with van der Waals surface area (Å²) in [5, 5.41) is 3.32. The van der Waals surface area contributed by atoms with Gasteiger partial charge in [-0.3, -0.25) is 0 Å². The number of aliphatic imine (C=N–C) groups is 1. The van der Waals surface area contributed by atoms with Crippen LogP contribution < -0.4 is 15.8 Å². The second-order valence-corrected chi connectivity index (χ2v) is 9.43. The molecular formula is C20H32N4O3S. The Hall–Kier alpha value is -1.64. The molecule has 1 atom stereocenters. The molecule has 0 aromatic heterocycles. The fourth-order valence-electron chi connectivity index (χ4n) is 3.72. The number of guanidine groups is 1. The van der Waals surface area contributed by atoms with Crippen molar-refractivity contribution < 1.29 is 13.2 Å². The van der Waals surface area contributed by atoms with Gasteiger partial charge in [-0.15, -0.1) is 0 Å². The molecule has 3 rings (SSSR count). The van der Waals surface area contributed by atoms with E-state index in [0.29, 0.717) is 31.7 Å². The molecule has 1 aliphatic carbocycles. The summed E-state index contributed by atoms with van der Waals surface area (Å²) in [5.74, 6) is 0.460. The molecular weight excluding hydrogens is 376 g/mol. The molecule has 0 bridgehead atoms. The van der Waals surface area contributed by atoms with Gasteiger partial charge in [-0.1, -0.05) is 37.8 Å². The molecule has 0 amide bonds. The molecule has 1 saturated carbocycles. The topological polar surface area (TPSA) is 106 Å². The van der Waals surface area contributed by atoms with Crippen molar-refractivity contribution in [2.24, 2.45) is 10.7 Å². The van der Waals surface area contributed by atoms with Gasteiger partial charge in [0.25, 0.3) is 0 Å². The number of nitrogens with zero attached hydrogens (tertiary/aromatic N) is 1. The SMILES string of the molecule is NC(=NCc1ccc(S(=O)(=O)NCC2CCCO2)cc1)NC1CCCCCC1. The monoisotopic (exact) mass is 408 g/mol. The number of nitrogens with one attached hydrogen (secondary N) is 2. The molecule has 0 radical (unpaired) electrons. The zero-order valence-corrected chi connectivity index (χ0v) is 17.2. The largest absolute Gasteiger partial charge is 0.377 e. The van der Waals surface area contributed by atoms with Crippen LogP contribution in [0.4, 0.5) is 0 Å². The second-order valence-electron chi connectivity index (χ2n) is 7.67. The number of sulfonamides is 1. The van der Waals surface area contributed by atoms with E-state index >= 15 is 0 Å². The van der Waals surface area contributed by atoms with Gasteiger partial charge in [-0.05, 0) is 43.4 Å². The van der Waals surface area contributed by atoms with Crippen molar-refractivity contribution in [3.63, 3.8) is 0 Å². The van der Waals surface area contributed by atoms with Crippen LogP contribution in [0, 0.1) is 0 Å². The van der Waals surface area contributed by atoms with Gasteiger partial charge in [0, 0.05) is 19.2 Å². The van der Waals surface area contributed by atoms with Crippen molar-refractivity contribution in [2.75, 3.05) is 13.2 Å². The molecule has 1 unspecified atom stereocenters. The third kappa shape index (κ3) is 6.46. The first kappa shape index (κ1) is 21.1. The minimum Gasteiger partial charge on any atom is -0.377 e. The lowest BCUT2D eigenvalue weighted by Crippen LogP contribution is -2.39. The van der Waals surface area contributed by atoms with Gasteiger partial charge in [-0.25, -0.2) is 18.1 Å². The van der Waals surface area contributed by atoms with Gasteiger partial charge >= 0.3 is 0 Å². The fraction of sp³-hybridized carbons (Fsp3) is 0.650. The minimum absolute atomic E-state index is 0.0210. The highest BCUT2D eigenvalue weighted by Gasteiger charge is 2.20. The van der Waals surface area contributed by atoms with Crippen LogP contribution >= 0.6 is 0 Å². The first-order chi connectivity index (χ1) is 13.5. The van der Waals surface area contributed by atoms with Gasteiger partial charge in [0.2, 0.25) is 10.0 Å². The van der Waals surface area contributed by atoms with Crippen molar-refractivity contribution in [3.8, 4) is 0 Å². The third-order valence-corrected chi connectivity index (χ3v) is 6.84. The van der Waals surface area contributed by atoms with Crippen LogP contribution in [0.3, 0.4) is 0 Å². The van der Waals surface area contributed by atoms with E-state index in [1.807, 2.05) is 0 Å². The zero-order chi connectivity index (χ0) is 19.8. The molecule has 2 fully saturated rings.